The van der Waals surface area contributed by atoms with Crippen LogP contribution in [0.2, 0.25) is 0 Å². The zero-order valence-corrected chi connectivity index (χ0v) is 16.7. The van der Waals surface area contributed by atoms with Gasteiger partial charge in [0.05, 0.1) is 12.3 Å². The van der Waals surface area contributed by atoms with Crippen LogP contribution in [0.5, 0.6) is 0 Å². The van der Waals surface area contributed by atoms with Crippen LogP contribution < -0.4 is 0 Å². The van der Waals surface area contributed by atoms with Gasteiger partial charge >= 0.3 is 0 Å². The number of nitrogens with zero attached hydrogens (tertiary/aromatic N) is 1. The van der Waals surface area contributed by atoms with Gasteiger partial charge in [-0.3, -0.25) is 4.79 Å². The number of carbonyl (C=O) groups is 1. The third-order valence-electron chi connectivity index (χ3n) is 5.40. The van der Waals surface area contributed by atoms with Gasteiger partial charge in [0, 0.05) is 14.2 Å². The van der Waals surface area contributed by atoms with Crippen LogP contribution in [0.4, 0.5) is 0 Å². The molecule has 3 aliphatic heterocycles. The van der Waals surface area contributed by atoms with Gasteiger partial charge < -0.3 is 54.5 Å². The Balaban J connectivity index is 1.77. The standard InChI is InChI=1S/C16H27NO11S/c1-25-15-11(23)8(20)7(19)5(27-15)3-17-6(18)4-29-14(17)13-10(22)9(21)12(24)16(26-2)28-13/h5,7-16,19-24H,3-4H2,1-2H3/t5-,7-,8+,9+,10+,11-,12-,13+,14+,15+,16+/m1/s1. The van der Waals surface area contributed by atoms with Crippen molar-refractivity contribution in [3.63, 3.8) is 0 Å². The van der Waals surface area contributed by atoms with E-state index in [-0.39, 0.29) is 18.2 Å². The Morgan fingerprint density at radius 3 is 2.03 bits per heavy atom. The second-order valence-corrected chi connectivity index (χ2v) is 8.28. The summed E-state index contributed by atoms with van der Waals surface area (Å²) >= 11 is 1.15. The zero-order chi connectivity index (χ0) is 21.5. The molecule has 168 valence electrons. The normalized spacial score (nSPS) is 48.9. The molecule has 1 amide bonds. The molecule has 12 nitrogen and oxygen atoms in total. The first-order chi connectivity index (χ1) is 13.7. The summed E-state index contributed by atoms with van der Waals surface area (Å²) in [5, 5.41) is 59.8. The lowest BCUT2D eigenvalue weighted by Gasteiger charge is -2.45. The highest BCUT2D eigenvalue weighted by atomic mass is 32.2. The Hall–Kier alpha value is -0.580. The van der Waals surface area contributed by atoms with E-state index in [1.807, 2.05) is 0 Å². The molecule has 0 aliphatic carbocycles. The van der Waals surface area contributed by atoms with Gasteiger partial charge in [-0.25, -0.2) is 0 Å². The number of aliphatic hydroxyl groups excluding tert-OH is 6. The molecule has 0 aromatic rings. The van der Waals surface area contributed by atoms with Crippen LogP contribution in [0.1, 0.15) is 0 Å². The average molecular weight is 441 g/mol. The molecule has 13 heteroatoms. The molecule has 0 saturated carbocycles. The topological polar surface area (TPSA) is 179 Å². The van der Waals surface area contributed by atoms with Crippen LogP contribution >= 0.6 is 11.8 Å². The quantitative estimate of drug-likeness (QED) is 0.243. The van der Waals surface area contributed by atoms with Crippen LogP contribution in [0.25, 0.3) is 0 Å². The molecule has 0 spiro atoms. The molecule has 3 heterocycles. The molecular formula is C16H27NO11S. The van der Waals surface area contributed by atoms with E-state index in [0.717, 1.165) is 11.8 Å². The second kappa shape index (κ2) is 9.28. The smallest absolute Gasteiger partial charge is 0.233 e. The molecule has 0 aromatic heterocycles. The van der Waals surface area contributed by atoms with Crippen molar-refractivity contribution in [3.05, 3.63) is 0 Å². The Labute approximate surface area is 170 Å². The van der Waals surface area contributed by atoms with Crippen molar-refractivity contribution >= 4 is 17.7 Å². The maximum Gasteiger partial charge on any atom is 0.233 e. The molecule has 3 saturated heterocycles. The summed E-state index contributed by atoms with van der Waals surface area (Å²) in [6, 6.07) is 0. The zero-order valence-electron chi connectivity index (χ0n) is 15.8. The molecule has 3 rings (SSSR count). The van der Waals surface area contributed by atoms with Crippen LogP contribution in [0.3, 0.4) is 0 Å². The molecule has 11 atom stereocenters. The van der Waals surface area contributed by atoms with Crippen molar-refractivity contribution in [2.24, 2.45) is 0 Å². The van der Waals surface area contributed by atoms with Gasteiger partial charge in [-0.15, -0.1) is 11.8 Å². The van der Waals surface area contributed by atoms with Crippen molar-refractivity contribution in [2.75, 3.05) is 26.5 Å². The summed E-state index contributed by atoms with van der Waals surface area (Å²) in [7, 11) is 2.53. The first kappa shape index (κ1) is 23.1. The van der Waals surface area contributed by atoms with Gasteiger partial charge in [0.1, 0.15) is 54.2 Å². The van der Waals surface area contributed by atoms with Crippen molar-refractivity contribution in [2.45, 2.75) is 66.8 Å². The fraction of sp³-hybridized carbons (Fsp3) is 0.938. The van der Waals surface area contributed by atoms with E-state index in [1.165, 1.54) is 19.1 Å². The van der Waals surface area contributed by atoms with E-state index < -0.39 is 66.8 Å². The minimum Gasteiger partial charge on any atom is -0.388 e. The average Bonchev–Trinajstić information content (AvgIpc) is 3.07. The second-order valence-electron chi connectivity index (χ2n) is 7.17. The fourth-order valence-electron chi connectivity index (χ4n) is 3.71. The Kier molecular flexibility index (Phi) is 7.39. The SMILES string of the molecule is CO[C@H]1O[C@H]([C@@H]2SCC(=O)N2C[C@H]2O[C@H](OC)[C@H](O)[C@@H](O)[C@@H]2O)[C@@H](O)[C@H](O)[C@H]1O. The van der Waals surface area contributed by atoms with Gasteiger partial charge in [0.25, 0.3) is 0 Å². The predicted octanol–water partition coefficient (Wildman–Crippen LogP) is -4.20. The third-order valence-corrected chi connectivity index (χ3v) is 6.68. The minimum absolute atomic E-state index is 0.0508. The predicted molar refractivity (Wildman–Crippen MR) is 95.3 cm³/mol. The van der Waals surface area contributed by atoms with E-state index >= 15 is 0 Å². The summed E-state index contributed by atoms with van der Waals surface area (Å²) in [4.78, 5) is 13.7. The van der Waals surface area contributed by atoms with E-state index in [2.05, 4.69) is 0 Å². The number of carbonyl (C=O) groups excluding carboxylic acids is 1. The molecule has 3 aliphatic rings. The van der Waals surface area contributed by atoms with Crippen LogP contribution in [-0.2, 0) is 23.7 Å². The van der Waals surface area contributed by atoms with Crippen LogP contribution in [0, 0.1) is 0 Å². The van der Waals surface area contributed by atoms with Gasteiger partial charge in [-0.2, -0.15) is 0 Å². The number of amides is 1. The van der Waals surface area contributed by atoms with Crippen LogP contribution in [-0.4, -0.2) is 135 Å². The van der Waals surface area contributed by atoms with Gasteiger partial charge in [-0.1, -0.05) is 0 Å². The van der Waals surface area contributed by atoms with Crippen molar-refractivity contribution in [3.8, 4) is 0 Å². The molecule has 0 radical (unpaired) electrons. The maximum atomic E-state index is 12.5. The van der Waals surface area contributed by atoms with E-state index in [4.69, 9.17) is 18.9 Å². The number of methoxy groups -OCH3 is 2. The molecule has 0 bridgehead atoms. The molecule has 0 aromatic carbocycles. The van der Waals surface area contributed by atoms with Crippen LogP contribution in [0.15, 0.2) is 0 Å². The Morgan fingerprint density at radius 2 is 1.45 bits per heavy atom. The highest BCUT2D eigenvalue weighted by molar-refractivity contribution is 8.01. The first-order valence-electron chi connectivity index (χ1n) is 9.07. The number of ether oxygens (including phenoxy) is 4. The summed E-state index contributed by atoms with van der Waals surface area (Å²) in [6.45, 7) is -0.190. The minimum atomic E-state index is -1.55. The lowest BCUT2D eigenvalue weighted by atomic mass is 9.96. The number of aliphatic hydroxyl groups is 6. The monoisotopic (exact) mass is 441 g/mol. The number of hydrogen-bond donors (Lipinski definition) is 6. The van der Waals surface area contributed by atoms with Gasteiger partial charge in [0.2, 0.25) is 5.91 Å². The van der Waals surface area contributed by atoms with Gasteiger partial charge in [-0.05, 0) is 0 Å². The Morgan fingerprint density at radius 1 is 0.897 bits per heavy atom. The van der Waals surface area contributed by atoms with E-state index in [1.54, 1.807) is 0 Å². The van der Waals surface area contributed by atoms with Gasteiger partial charge in [0.15, 0.2) is 12.6 Å². The number of rotatable bonds is 5. The summed E-state index contributed by atoms with van der Waals surface area (Å²) in [5.74, 6) is -0.286. The summed E-state index contributed by atoms with van der Waals surface area (Å²) in [6.07, 6.45) is -13.6. The number of hydrogen-bond acceptors (Lipinski definition) is 12. The third kappa shape index (κ3) is 4.27. The summed E-state index contributed by atoms with van der Waals surface area (Å²) in [5.41, 5.74) is 0. The highest BCUT2D eigenvalue weighted by Gasteiger charge is 2.52. The Bertz CT molecular complexity index is 581. The van der Waals surface area contributed by atoms with Crippen molar-refractivity contribution in [1.82, 2.24) is 4.90 Å². The molecule has 6 N–H and O–H groups in total. The molecule has 0 unspecified atom stereocenters. The van der Waals surface area contributed by atoms with Crippen molar-refractivity contribution in [1.29, 1.82) is 0 Å². The fourth-order valence-corrected chi connectivity index (χ4v) is 4.99. The largest absolute Gasteiger partial charge is 0.388 e. The number of thioether (sulfide) groups is 1. The molecule has 29 heavy (non-hydrogen) atoms. The lowest BCUT2D eigenvalue weighted by molar-refractivity contribution is -0.299. The first-order valence-corrected chi connectivity index (χ1v) is 10.1. The molecule has 3 fully saturated rings. The molecular weight excluding hydrogens is 414 g/mol. The van der Waals surface area contributed by atoms with E-state index in [9.17, 15) is 35.4 Å². The maximum absolute atomic E-state index is 12.5. The van der Waals surface area contributed by atoms with E-state index in [0.29, 0.717) is 0 Å². The highest BCUT2D eigenvalue weighted by Crippen LogP contribution is 2.36. The lowest BCUT2D eigenvalue weighted by Crippen LogP contribution is -2.64. The summed E-state index contributed by atoms with van der Waals surface area (Å²) < 4.78 is 21.0. The van der Waals surface area contributed by atoms with Crippen molar-refractivity contribution < 1.29 is 54.4 Å².